The van der Waals surface area contributed by atoms with Gasteiger partial charge in [0.1, 0.15) is 0 Å². The molecule has 5 nitrogen and oxygen atoms in total. The van der Waals surface area contributed by atoms with Crippen molar-refractivity contribution in [1.82, 2.24) is 10.3 Å². The Morgan fingerprint density at radius 1 is 1.59 bits per heavy atom. The Balaban J connectivity index is 2.69. The summed E-state index contributed by atoms with van der Waals surface area (Å²) in [4.78, 5) is 17.7. The van der Waals surface area contributed by atoms with E-state index in [1.807, 2.05) is 37.9 Å². The molecule has 0 aliphatic heterocycles. The molecule has 1 heterocycles. The molecule has 0 saturated carbocycles. The summed E-state index contributed by atoms with van der Waals surface area (Å²) in [5.74, 6) is -0.00526. The van der Waals surface area contributed by atoms with Crippen LogP contribution in [0.2, 0.25) is 0 Å². The van der Waals surface area contributed by atoms with E-state index in [0.29, 0.717) is 13.1 Å². The molecule has 0 aliphatic carbocycles. The molecule has 0 atom stereocenters. The fourth-order valence-corrected chi connectivity index (χ4v) is 1.60. The number of pyridine rings is 1. The Hall–Kier alpha value is -1.62. The first-order chi connectivity index (χ1) is 8.04. The Kier molecular flexibility index (Phi) is 4.90. The predicted octanol–water partition coefficient (Wildman–Crippen LogP) is 0.501. The van der Waals surface area contributed by atoms with Crippen molar-refractivity contribution in [1.29, 1.82) is 0 Å². The van der Waals surface area contributed by atoms with Crippen LogP contribution < -0.4 is 16.0 Å². The van der Waals surface area contributed by atoms with Crippen molar-refractivity contribution < 1.29 is 4.79 Å². The van der Waals surface area contributed by atoms with Crippen molar-refractivity contribution in [3.63, 3.8) is 0 Å². The van der Waals surface area contributed by atoms with Crippen LogP contribution in [0.25, 0.3) is 0 Å². The summed E-state index contributed by atoms with van der Waals surface area (Å²) in [5, 5.41) is 2.85. The molecule has 17 heavy (non-hydrogen) atoms. The highest BCUT2D eigenvalue weighted by Gasteiger charge is 2.11. The van der Waals surface area contributed by atoms with Crippen molar-refractivity contribution in [2.75, 3.05) is 18.5 Å². The number of amides is 1. The van der Waals surface area contributed by atoms with Gasteiger partial charge in [-0.1, -0.05) is 0 Å². The van der Waals surface area contributed by atoms with Crippen molar-refractivity contribution in [3.8, 4) is 0 Å². The van der Waals surface area contributed by atoms with E-state index in [2.05, 4.69) is 10.3 Å². The fourth-order valence-electron chi connectivity index (χ4n) is 1.60. The standard InChI is InChI=1S/C12H20N4O/c1-9(2)15-12(17)8-16(3)11-5-4-6-14-10(11)7-13/h4-6,9H,7-8,13H2,1-3H3,(H,15,17). The van der Waals surface area contributed by atoms with Crippen LogP contribution in [-0.2, 0) is 11.3 Å². The zero-order valence-electron chi connectivity index (χ0n) is 10.6. The van der Waals surface area contributed by atoms with Crippen molar-refractivity contribution in [3.05, 3.63) is 24.0 Å². The topological polar surface area (TPSA) is 71.2 Å². The normalized spacial score (nSPS) is 10.4. The monoisotopic (exact) mass is 236 g/mol. The molecule has 0 bridgehead atoms. The lowest BCUT2D eigenvalue weighted by Gasteiger charge is -2.21. The van der Waals surface area contributed by atoms with Gasteiger partial charge >= 0.3 is 0 Å². The number of anilines is 1. The number of carbonyl (C=O) groups excluding carboxylic acids is 1. The van der Waals surface area contributed by atoms with Crippen LogP contribution in [0, 0.1) is 0 Å². The molecule has 3 N–H and O–H groups in total. The molecule has 94 valence electrons. The van der Waals surface area contributed by atoms with E-state index in [0.717, 1.165) is 11.4 Å². The quantitative estimate of drug-likeness (QED) is 0.781. The number of aromatic nitrogens is 1. The predicted molar refractivity (Wildman–Crippen MR) is 68.7 cm³/mol. The van der Waals surface area contributed by atoms with E-state index < -0.39 is 0 Å². The van der Waals surface area contributed by atoms with Gasteiger partial charge in [0.25, 0.3) is 0 Å². The fraction of sp³-hybridized carbons (Fsp3) is 0.500. The molecule has 0 aromatic carbocycles. The lowest BCUT2D eigenvalue weighted by molar-refractivity contribution is -0.120. The number of hydrogen-bond acceptors (Lipinski definition) is 4. The molecular formula is C12H20N4O. The van der Waals surface area contributed by atoms with Gasteiger partial charge in [0, 0.05) is 25.8 Å². The molecule has 1 aromatic heterocycles. The number of nitrogens with one attached hydrogen (secondary N) is 1. The molecule has 0 aliphatic rings. The molecule has 0 fully saturated rings. The average Bonchev–Trinajstić information content (AvgIpc) is 2.27. The van der Waals surface area contributed by atoms with Crippen LogP contribution in [0.4, 0.5) is 5.69 Å². The summed E-state index contributed by atoms with van der Waals surface area (Å²) < 4.78 is 0. The van der Waals surface area contributed by atoms with Crippen LogP contribution in [-0.4, -0.2) is 30.5 Å². The molecule has 0 unspecified atom stereocenters. The van der Waals surface area contributed by atoms with Crippen LogP contribution >= 0.6 is 0 Å². The van der Waals surface area contributed by atoms with E-state index >= 15 is 0 Å². The Morgan fingerprint density at radius 3 is 2.88 bits per heavy atom. The second kappa shape index (κ2) is 6.20. The SMILES string of the molecule is CC(C)NC(=O)CN(C)c1cccnc1CN. The number of carbonyl (C=O) groups is 1. The first-order valence-electron chi connectivity index (χ1n) is 5.69. The lowest BCUT2D eigenvalue weighted by Crippen LogP contribution is -2.39. The minimum Gasteiger partial charge on any atom is -0.364 e. The highest BCUT2D eigenvalue weighted by molar-refractivity contribution is 5.81. The zero-order chi connectivity index (χ0) is 12.8. The minimum atomic E-state index is -0.00526. The van der Waals surface area contributed by atoms with Gasteiger partial charge in [-0.15, -0.1) is 0 Å². The molecular weight excluding hydrogens is 216 g/mol. The van der Waals surface area contributed by atoms with Gasteiger partial charge in [0.05, 0.1) is 17.9 Å². The minimum absolute atomic E-state index is 0.00526. The number of hydrogen-bond donors (Lipinski definition) is 2. The van der Waals surface area contributed by atoms with Gasteiger partial charge in [-0.3, -0.25) is 9.78 Å². The summed E-state index contributed by atoms with van der Waals surface area (Å²) in [7, 11) is 1.86. The maximum atomic E-state index is 11.6. The third-order valence-corrected chi connectivity index (χ3v) is 2.30. The van der Waals surface area contributed by atoms with Gasteiger partial charge in [-0.25, -0.2) is 0 Å². The Bertz CT molecular complexity index is 379. The summed E-state index contributed by atoms with van der Waals surface area (Å²) in [5.41, 5.74) is 7.31. The number of nitrogens with two attached hydrogens (primary N) is 1. The maximum Gasteiger partial charge on any atom is 0.239 e. The van der Waals surface area contributed by atoms with E-state index in [9.17, 15) is 4.79 Å². The third kappa shape index (κ3) is 4.03. The summed E-state index contributed by atoms with van der Waals surface area (Å²) in [6.07, 6.45) is 1.70. The van der Waals surface area contributed by atoms with Crippen LogP contribution in [0.5, 0.6) is 0 Å². The van der Waals surface area contributed by atoms with Gasteiger partial charge in [-0.05, 0) is 26.0 Å². The summed E-state index contributed by atoms with van der Waals surface area (Å²) in [6.45, 7) is 4.55. The number of likely N-dealkylation sites (N-methyl/N-ethyl adjacent to an activating group) is 1. The van der Waals surface area contributed by atoms with Gasteiger partial charge < -0.3 is 16.0 Å². The van der Waals surface area contributed by atoms with Crippen LogP contribution in [0.15, 0.2) is 18.3 Å². The van der Waals surface area contributed by atoms with E-state index in [1.54, 1.807) is 6.20 Å². The smallest absolute Gasteiger partial charge is 0.239 e. The molecule has 0 saturated heterocycles. The number of nitrogens with zero attached hydrogens (tertiary/aromatic N) is 2. The lowest BCUT2D eigenvalue weighted by atomic mass is 10.2. The Labute approximate surface area is 102 Å². The molecule has 0 spiro atoms. The van der Waals surface area contributed by atoms with E-state index in [1.165, 1.54) is 0 Å². The average molecular weight is 236 g/mol. The molecule has 1 aromatic rings. The van der Waals surface area contributed by atoms with Crippen molar-refractivity contribution >= 4 is 11.6 Å². The largest absolute Gasteiger partial charge is 0.364 e. The summed E-state index contributed by atoms with van der Waals surface area (Å²) >= 11 is 0. The first kappa shape index (κ1) is 13.4. The molecule has 1 rings (SSSR count). The Morgan fingerprint density at radius 2 is 2.29 bits per heavy atom. The van der Waals surface area contributed by atoms with Gasteiger partial charge in [0.15, 0.2) is 0 Å². The highest BCUT2D eigenvalue weighted by atomic mass is 16.2. The van der Waals surface area contributed by atoms with Crippen LogP contribution in [0.3, 0.4) is 0 Å². The second-order valence-corrected chi connectivity index (χ2v) is 4.25. The van der Waals surface area contributed by atoms with E-state index in [4.69, 9.17) is 5.73 Å². The van der Waals surface area contributed by atoms with E-state index in [-0.39, 0.29) is 11.9 Å². The van der Waals surface area contributed by atoms with Gasteiger partial charge in [0.2, 0.25) is 5.91 Å². The second-order valence-electron chi connectivity index (χ2n) is 4.25. The maximum absolute atomic E-state index is 11.6. The molecule has 0 radical (unpaired) electrons. The first-order valence-corrected chi connectivity index (χ1v) is 5.69. The van der Waals surface area contributed by atoms with Crippen LogP contribution in [0.1, 0.15) is 19.5 Å². The molecule has 1 amide bonds. The third-order valence-electron chi connectivity index (χ3n) is 2.30. The highest BCUT2D eigenvalue weighted by Crippen LogP contribution is 2.15. The van der Waals surface area contributed by atoms with Crippen molar-refractivity contribution in [2.45, 2.75) is 26.4 Å². The zero-order valence-corrected chi connectivity index (χ0v) is 10.6. The van der Waals surface area contributed by atoms with Crippen molar-refractivity contribution in [2.24, 2.45) is 5.73 Å². The summed E-state index contributed by atoms with van der Waals surface area (Å²) in [6, 6.07) is 3.90. The number of rotatable bonds is 5. The van der Waals surface area contributed by atoms with Gasteiger partial charge in [-0.2, -0.15) is 0 Å². The molecule has 5 heteroatoms.